The maximum absolute atomic E-state index is 12.6. The van der Waals surface area contributed by atoms with Crippen LogP contribution in [-0.4, -0.2) is 10.1 Å². The van der Waals surface area contributed by atoms with Gasteiger partial charge >= 0.3 is 6.18 Å². The molecule has 0 unspecified atom stereocenters. The summed E-state index contributed by atoms with van der Waals surface area (Å²) in [5.74, 6) is 0.0194. The topological polar surface area (TPSA) is 68.9 Å². The molecule has 0 saturated heterocycles. The average molecular weight is 293 g/mol. The molecular formula is C14H10F3N3O. The monoisotopic (exact) mass is 293 g/mol. The number of pyridine rings is 1. The Balaban J connectivity index is 2.17. The second-order valence-electron chi connectivity index (χ2n) is 4.23. The molecule has 0 bridgehead atoms. The third kappa shape index (κ3) is 3.63. The average Bonchev–Trinajstić information content (AvgIpc) is 2.45. The van der Waals surface area contributed by atoms with Crippen LogP contribution in [0.5, 0.6) is 5.75 Å². The minimum atomic E-state index is -4.48. The summed E-state index contributed by atoms with van der Waals surface area (Å²) in [6, 6.07) is 7.66. The molecule has 21 heavy (non-hydrogen) atoms. The zero-order valence-electron chi connectivity index (χ0n) is 10.6. The fraction of sp³-hybridized carbons (Fsp3) is 0.143. The SMILES string of the molecule is N#Cc1cc(C(F)(F)F)ccc1NCc1ccc(O)cn1. The second-order valence-corrected chi connectivity index (χ2v) is 4.23. The highest BCUT2D eigenvalue weighted by Crippen LogP contribution is 2.31. The van der Waals surface area contributed by atoms with E-state index in [2.05, 4.69) is 10.3 Å². The minimum Gasteiger partial charge on any atom is -0.506 e. The molecule has 0 saturated carbocycles. The maximum Gasteiger partial charge on any atom is 0.416 e. The van der Waals surface area contributed by atoms with Crippen molar-refractivity contribution in [3.63, 3.8) is 0 Å². The number of rotatable bonds is 3. The predicted octanol–water partition coefficient (Wildman–Crippen LogP) is 3.29. The first-order valence-electron chi connectivity index (χ1n) is 5.89. The van der Waals surface area contributed by atoms with Crippen molar-refractivity contribution < 1.29 is 18.3 Å². The lowest BCUT2D eigenvalue weighted by molar-refractivity contribution is -0.137. The van der Waals surface area contributed by atoms with Gasteiger partial charge in [-0.15, -0.1) is 0 Å². The van der Waals surface area contributed by atoms with Crippen LogP contribution in [-0.2, 0) is 12.7 Å². The third-order valence-corrected chi connectivity index (χ3v) is 2.74. The fourth-order valence-electron chi connectivity index (χ4n) is 1.67. The van der Waals surface area contributed by atoms with Gasteiger partial charge < -0.3 is 10.4 Å². The molecule has 0 aliphatic rings. The number of nitrogens with one attached hydrogen (secondary N) is 1. The Labute approximate surface area is 118 Å². The van der Waals surface area contributed by atoms with Gasteiger partial charge in [0, 0.05) is 0 Å². The van der Waals surface area contributed by atoms with Crippen molar-refractivity contribution in [2.75, 3.05) is 5.32 Å². The van der Waals surface area contributed by atoms with Gasteiger partial charge in [0.1, 0.15) is 11.8 Å². The van der Waals surface area contributed by atoms with E-state index in [9.17, 15) is 13.2 Å². The van der Waals surface area contributed by atoms with Crippen molar-refractivity contribution in [2.45, 2.75) is 12.7 Å². The molecule has 7 heteroatoms. The second kappa shape index (κ2) is 5.71. The molecule has 0 fully saturated rings. The van der Waals surface area contributed by atoms with Gasteiger partial charge in [0.2, 0.25) is 0 Å². The Morgan fingerprint density at radius 3 is 2.57 bits per heavy atom. The summed E-state index contributed by atoms with van der Waals surface area (Å²) >= 11 is 0. The molecular weight excluding hydrogens is 283 g/mol. The number of nitrogens with zero attached hydrogens (tertiary/aromatic N) is 2. The molecule has 1 aromatic heterocycles. The van der Waals surface area contributed by atoms with Crippen LogP contribution in [0.1, 0.15) is 16.8 Å². The van der Waals surface area contributed by atoms with Gasteiger partial charge in [0.05, 0.1) is 35.2 Å². The largest absolute Gasteiger partial charge is 0.506 e. The molecule has 108 valence electrons. The van der Waals surface area contributed by atoms with Gasteiger partial charge in [0.15, 0.2) is 0 Å². The molecule has 2 N–H and O–H groups in total. The van der Waals surface area contributed by atoms with Crippen LogP contribution in [0.3, 0.4) is 0 Å². The third-order valence-electron chi connectivity index (χ3n) is 2.74. The number of nitriles is 1. The first-order valence-corrected chi connectivity index (χ1v) is 5.89. The summed E-state index contributed by atoms with van der Waals surface area (Å²) in [5.41, 5.74) is -0.0899. The Bertz CT molecular complexity index is 675. The molecule has 0 aliphatic carbocycles. The normalized spacial score (nSPS) is 11.0. The maximum atomic E-state index is 12.6. The highest BCUT2D eigenvalue weighted by atomic mass is 19.4. The minimum absolute atomic E-state index is 0.0194. The van der Waals surface area contributed by atoms with Crippen molar-refractivity contribution in [3.05, 3.63) is 53.3 Å². The van der Waals surface area contributed by atoms with E-state index in [0.717, 1.165) is 12.1 Å². The Morgan fingerprint density at radius 2 is 2.00 bits per heavy atom. The van der Waals surface area contributed by atoms with Gasteiger partial charge in [-0.3, -0.25) is 4.98 Å². The number of hydrogen-bond donors (Lipinski definition) is 2. The summed E-state index contributed by atoms with van der Waals surface area (Å²) < 4.78 is 37.7. The summed E-state index contributed by atoms with van der Waals surface area (Å²) in [4.78, 5) is 3.93. The molecule has 0 atom stereocenters. The van der Waals surface area contributed by atoms with Crippen LogP contribution in [0.25, 0.3) is 0 Å². The van der Waals surface area contributed by atoms with Crippen molar-refractivity contribution in [1.29, 1.82) is 5.26 Å². The van der Waals surface area contributed by atoms with E-state index in [1.807, 2.05) is 0 Å². The zero-order chi connectivity index (χ0) is 15.5. The van der Waals surface area contributed by atoms with Crippen LogP contribution in [0.15, 0.2) is 36.5 Å². The molecule has 0 spiro atoms. The predicted molar refractivity (Wildman–Crippen MR) is 69.4 cm³/mol. The van der Waals surface area contributed by atoms with Crippen LogP contribution in [0.4, 0.5) is 18.9 Å². The molecule has 1 aromatic carbocycles. The molecule has 0 amide bonds. The van der Waals surface area contributed by atoms with E-state index in [0.29, 0.717) is 11.4 Å². The standard InChI is InChI=1S/C14H10F3N3O/c15-14(16,17)10-1-4-13(9(5-10)6-18)20-7-11-2-3-12(21)8-19-11/h1-5,8,20-21H,7H2. The first kappa shape index (κ1) is 14.7. The van der Waals surface area contributed by atoms with E-state index in [-0.39, 0.29) is 17.9 Å². The van der Waals surface area contributed by atoms with E-state index in [1.165, 1.54) is 18.3 Å². The number of hydrogen-bond acceptors (Lipinski definition) is 4. The van der Waals surface area contributed by atoms with Crippen molar-refractivity contribution in [2.24, 2.45) is 0 Å². The summed E-state index contributed by atoms with van der Waals surface area (Å²) in [6.07, 6.45) is -3.22. The van der Waals surface area contributed by atoms with Gasteiger partial charge in [-0.25, -0.2) is 0 Å². The van der Waals surface area contributed by atoms with E-state index in [4.69, 9.17) is 10.4 Å². The molecule has 1 heterocycles. The van der Waals surface area contributed by atoms with Gasteiger partial charge in [-0.05, 0) is 30.3 Å². The van der Waals surface area contributed by atoms with Crippen LogP contribution >= 0.6 is 0 Å². The van der Waals surface area contributed by atoms with E-state index >= 15 is 0 Å². The molecule has 2 rings (SSSR count). The van der Waals surface area contributed by atoms with Crippen molar-refractivity contribution in [3.8, 4) is 11.8 Å². The molecule has 0 aliphatic heterocycles. The molecule has 4 nitrogen and oxygen atoms in total. The number of benzene rings is 1. The number of aromatic nitrogens is 1. The quantitative estimate of drug-likeness (QED) is 0.911. The summed E-state index contributed by atoms with van der Waals surface area (Å²) in [5, 5.41) is 20.9. The van der Waals surface area contributed by atoms with Gasteiger partial charge in [-0.2, -0.15) is 18.4 Å². The summed E-state index contributed by atoms with van der Waals surface area (Å²) in [6.45, 7) is 0.223. The number of halogens is 3. The van der Waals surface area contributed by atoms with Crippen LogP contribution in [0, 0.1) is 11.3 Å². The van der Waals surface area contributed by atoms with Crippen LogP contribution in [0.2, 0.25) is 0 Å². The first-order chi connectivity index (χ1) is 9.90. The Morgan fingerprint density at radius 1 is 1.24 bits per heavy atom. The van der Waals surface area contributed by atoms with Gasteiger partial charge in [-0.1, -0.05) is 0 Å². The lowest BCUT2D eigenvalue weighted by Gasteiger charge is -2.11. The Kier molecular flexibility index (Phi) is 3.98. The fourth-order valence-corrected chi connectivity index (χ4v) is 1.67. The number of aromatic hydroxyl groups is 1. The highest BCUT2D eigenvalue weighted by molar-refractivity contribution is 5.59. The smallest absolute Gasteiger partial charge is 0.416 e. The number of anilines is 1. The molecule has 2 aromatic rings. The Hall–Kier alpha value is -2.75. The lowest BCUT2D eigenvalue weighted by atomic mass is 10.1. The van der Waals surface area contributed by atoms with Crippen molar-refractivity contribution >= 4 is 5.69 Å². The molecule has 0 radical (unpaired) electrons. The van der Waals surface area contributed by atoms with E-state index in [1.54, 1.807) is 12.1 Å². The van der Waals surface area contributed by atoms with Gasteiger partial charge in [0.25, 0.3) is 0 Å². The van der Waals surface area contributed by atoms with Crippen LogP contribution < -0.4 is 5.32 Å². The lowest BCUT2D eigenvalue weighted by Crippen LogP contribution is -2.07. The van der Waals surface area contributed by atoms with Crippen molar-refractivity contribution in [1.82, 2.24) is 4.98 Å². The number of alkyl halides is 3. The highest BCUT2D eigenvalue weighted by Gasteiger charge is 2.31. The summed E-state index contributed by atoms with van der Waals surface area (Å²) in [7, 11) is 0. The van der Waals surface area contributed by atoms with E-state index < -0.39 is 11.7 Å². The zero-order valence-corrected chi connectivity index (χ0v) is 10.6.